The van der Waals surface area contributed by atoms with Crippen LogP contribution in [0.25, 0.3) is 0 Å². The molecular formula is C21H24N2O3. The number of nitrogens with one attached hydrogen (secondary N) is 1. The molecule has 0 bridgehead atoms. The van der Waals surface area contributed by atoms with E-state index < -0.39 is 0 Å². The van der Waals surface area contributed by atoms with Gasteiger partial charge in [-0.1, -0.05) is 37.8 Å². The monoisotopic (exact) mass is 352 g/mol. The molecule has 0 saturated heterocycles. The molecule has 0 aliphatic rings. The van der Waals surface area contributed by atoms with E-state index in [1.54, 1.807) is 37.4 Å². The fourth-order valence-corrected chi connectivity index (χ4v) is 2.50. The molecule has 0 heterocycles. The van der Waals surface area contributed by atoms with Crippen molar-refractivity contribution in [1.82, 2.24) is 4.90 Å². The number of hydrogen-bond acceptors (Lipinski definition) is 3. The maximum Gasteiger partial charge on any atom is 0.254 e. The van der Waals surface area contributed by atoms with Crippen molar-refractivity contribution in [3.8, 4) is 5.75 Å². The van der Waals surface area contributed by atoms with Crippen LogP contribution in [0.5, 0.6) is 5.75 Å². The molecule has 0 atom stereocenters. The highest BCUT2D eigenvalue weighted by Gasteiger charge is 2.15. The fraction of sp³-hybridized carbons (Fsp3) is 0.238. The third-order valence-corrected chi connectivity index (χ3v) is 3.87. The van der Waals surface area contributed by atoms with Gasteiger partial charge in [0.2, 0.25) is 5.91 Å². The van der Waals surface area contributed by atoms with E-state index in [4.69, 9.17) is 4.74 Å². The van der Waals surface area contributed by atoms with Crippen LogP contribution in [0.3, 0.4) is 0 Å². The lowest BCUT2D eigenvalue weighted by molar-refractivity contribution is -0.116. The quantitative estimate of drug-likeness (QED) is 0.740. The number of carbonyl (C=O) groups excluding carboxylic acids is 2. The van der Waals surface area contributed by atoms with Crippen LogP contribution in [0, 0.1) is 0 Å². The maximum atomic E-state index is 12.5. The number of rotatable bonds is 8. The van der Waals surface area contributed by atoms with Gasteiger partial charge in [-0.05, 0) is 42.3 Å². The second-order valence-electron chi connectivity index (χ2n) is 5.84. The first kappa shape index (κ1) is 19.2. The summed E-state index contributed by atoms with van der Waals surface area (Å²) in [5.41, 5.74) is 2.34. The molecule has 0 radical (unpaired) electrons. The predicted molar refractivity (Wildman–Crippen MR) is 104 cm³/mol. The second-order valence-corrected chi connectivity index (χ2v) is 5.84. The number of aryl methyl sites for hydroxylation is 1. The topological polar surface area (TPSA) is 58.6 Å². The molecule has 136 valence electrons. The van der Waals surface area contributed by atoms with Gasteiger partial charge in [-0.15, -0.1) is 0 Å². The van der Waals surface area contributed by atoms with Crippen LogP contribution < -0.4 is 10.1 Å². The molecule has 0 spiro atoms. The van der Waals surface area contributed by atoms with Gasteiger partial charge in [-0.3, -0.25) is 9.59 Å². The number of anilines is 1. The molecule has 0 aliphatic heterocycles. The average Bonchev–Trinajstić information content (AvgIpc) is 2.66. The van der Waals surface area contributed by atoms with E-state index in [2.05, 4.69) is 11.9 Å². The number of likely N-dealkylation sites (N-methyl/N-ethyl adjacent to an activating group) is 1. The van der Waals surface area contributed by atoms with Gasteiger partial charge in [0.05, 0.1) is 6.54 Å². The molecule has 0 fully saturated rings. The van der Waals surface area contributed by atoms with E-state index in [0.29, 0.717) is 17.9 Å². The number of ether oxygens (including phenoxy) is 1. The number of carbonyl (C=O) groups is 2. The van der Waals surface area contributed by atoms with Crippen molar-refractivity contribution in [3.05, 3.63) is 72.3 Å². The van der Waals surface area contributed by atoms with Crippen LogP contribution in [-0.2, 0) is 11.2 Å². The summed E-state index contributed by atoms with van der Waals surface area (Å²) in [6.07, 6.45) is 2.48. The second kappa shape index (κ2) is 9.42. The third-order valence-electron chi connectivity index (χ3n) is 3.87. The highest BCUT2D eigenvalue weighted by molar-refractivity contribution is 5.99. The molecule has 2 aromatic carbocycles. The van der Waals surface area contributed by atoms with Gasteiger partial charge >= 0.3 is 0 Å². The smallest absolute Gasteiger partial charge is 0.254 e. The summed E-state index contributed by atoms with van der Waals surface area (Å²) in [6.45, 7) is 6.01. The van der Waals surface area contributed by atoms with E-state index in [0.717, 1.165) is 17.7 Å². The van der Waals surface area contributed by atoms with E-state index in [-0.39, 0.29) is 18.4 Å². The average molecular weight is 352 g/mol. The van der Waals surface area contributed by atoms with E-state index >= 15 is 0 Å². The molecule has 2 aromatic rings. The van der Waals surface area contributed by atoms with Gasteiger partial charge in [0.25, 0.3) is 5.91 Å². The van der Waals surface area contributed by atoms with E-state index in [9.17, 15) is 9.59 Å². The molecule has 0 saturated carbocycles. The lowest BCUT2D eigenvalue weighted by Crippen LogP contribution is -2.35. The van der Waals surface area contributed by atoms with Crippen LogP contribution in [0.1, 0.15) is 22.8 Å². The Labute approximate surface area is 154 Å². The molecule has 26 heavy (non-hydrogen) atoms. The number of nitrogens with zero attached hydrogens (tertiary/aromatic N) is 1. The van der Waals surface area contributed by atoms with Crippen molar-refractivity contribution in [3.63, 3.8) is 0 Å². The lowest BCUT2D eigenvalue weighted by atomic mass is 10.1. The Bertz CT molecular complexity index is 769. The Morgan fingerprint density at radius 1 is 1.15 bits per heavy atom. The minimum Gasteiger partial charge on any atom is -0.490 e. The minimum absolute atomic E-state index is 0.0222. The Hall–Kier alpha value is -3.08. The summed E-state index contributed by atoms with van der Waals surface area (Å²) in [4.78, 5) is 26.1. The summed E-state index contributed by atoms with van der Waals surface area (Å²) in [6, 6.07) is 14.5. The van der Waals surface area contributed by atoms with Crippen molar-refractivity contribution in [1.29, 1.82) is 0 Å². The van der Waals surface area contributed by atoms with Gasteiger partial charge in [-0.25, -0.2) is 0 Å². The van der Waals surface area contributed by atoms with Gasteiger partial charge in [0.1, 0.15) is 12.4 Å². The van der Waals surface area contributed by atoms with Crippen molar-refractivity contribution >= 4 is 17.5 Å². The standard InChI is InChI=1S/C21H24N2O3/c1-4-14-26-18-12-10-17(11-13-18)21(25)23(3)15-20(24)22-19-9-7-6-8-16(19)5-2/h4,6-13H,1,5,14-15H2,2-3H3,(H,22,24). The Kier molecular flexibility index (Phi) is 6.97. The molecule has 0 aromatic heterocycles. The number of benzene rings is 2. The Morgan fingerprint density at radius 3 is 2.50 bits per heavy atom. The first-order valence-corrected chi connectivity index (χ1v) is 8.52. The van der Waals surface area contributed by atoms with Gasteiger partial charge in [0.15, 0.2) is 0 Å². The molecule has 5 heteroatoms. The van der Waals surface area contributed by atoms with Crippen LogP contribution >= 0.6 is 0 Å². The van der Waals surface area contributed by atoms with Gasteiger partial charge in [0, 0.05) is 18.3 Å². The van der Waals surface area contributed by atoms with E-state index in [1.165, 1.54) is 4.90 Å². The lowest BCUT2D eigenvalue weighted by Gasteiger charge is -2.18. The molecule has 1 N–H and O–H groups in total. The molecule has 5 nitrogen and oxygen atoms in total. The van der Waals surface area contributed by atoms with Crippen molar-refractivity contribution in [2.45, 2.75) is 13.3 Å². The zero-order chi connectivity index (χ0) is 18.9. The summed E-state index contributed by atoms with van der Waals surface area (Å²) in [5, 5.41) is 2.87. The van der Waals surface area contributed by atoms with E-state index in [1.807, 2.05) is 31.2 Å². The summed E-state index contributed by atoms with van der Waals surface area (Å²) in [7, 11) is 1.61. The first-order valence-electron chi connectivity index (χ1n) is 8.52. The fourth-order valence-electron chi connectivity index (χ4n) is 2.50. The minimum atomic E-state index is -0.229. The van der Waals surface area contributed by atoms with Crippen LogP contribution in [-0.4, -0.2) is 36.9 Å². The van der Waals surface area contributed by atoms with Crippen molar-refractivity contribution in [2.75, 3.05) is 25.5 Å². The number of para-hydroxylation sites is 1. The number of hydrogen-bond donors (Lipinski definition) is 1. The predicted octanol–water partition coefficient (Wildman–Crippen LogP) is 3.52. The van der Waals surface area contributed by atoms with Crippen molar-refractivity contribution < 1.29 is 14.3 Å². The Morgan fingerprint density at radius 2 is 1.85 bits per heavy atom. The first-order chi connectivity index (χ1) is 12.5. The molecule has 0 unspecified atom stereocenters. The number of amides is 2. The molecule has 2 amide bonds. The third kappa shape index (κ3) is 5.21. The highest BCUT2D eigenvalue weighted by Crippen LogP contribution is 2.16. The van der Waals surface area contributed by atoms with Gasteiger partial charge < -0.3 is 15.0 Å². The van der Waals surface area contributed by atoms with Crippen molar-refractivity contribution in [2.24, 2.45) is 0 Å². The Balaban J connectivity index is 1.95. The highest BCUT2D eigenvalue weighted by atomic mass is 16.5. The zero-order valence-corrected chi connectivity index (χ0v) is 15.2. The van der Waals surface area contributed by atoms with Crippen LogP contribution in [0.2, 0.25) is 0 Å². The largest absolute Gasteiger partial charge is 0.490 e. The summed E-state index contributed by atoms with van der Waals surface area (Å²) < 4.78 is 5.40. The summed E-state index contributed by atoms with van der Waals surface area (Å²) >= 11 is 0. The maximum absolute atomic E-state index is 12.5. The van der Waals surface area contributed by atoms with Crippen LogP contribution in [0.15, 0.2) is 61.2 Å². The molecular weight excluding hydrogens is 328 g/mol. The SMILES string of the molecule is C=CCOc1ccc(C(=O)N(C)CC(=O)Nc2ccccc2CC)cc1. The summed E-state index contributed by atoms with van der Waals surface area (Å²) in [5.74, 6) is 0.213. The molecule has 0 aliphatic carbocycles. The van der Waals surface area contributed by atoms with Gasteiger partial charge in [-0.2, -0.15) is 0 Å². The van der Waals surface area contributed by atoms with Crippen LogP contribution in [0.4, 0.5) is 5.69 Å². The molecule has 2 rings (SSSR count). The normalized spacial score (nSPS) is 10.1. The zero-order valence-electron chi connectivity index (χ0n) is 15.2.